The van der Waals surface area contributed by atoms with E-state index in [1.54, 1.807) is 6.07 Å². The Morgan fingerprint density at radius 2 is 2.05 bits per heavy atom. The zero-order chi connectivity index (χ0) is 14.7. The van der Waals surface area contributed by atoms with Crippen LogP contribution in [-0.4, -0.2) is 11.5 Å². The second-order valence-corrected chi connectivity index (χ2v) is 5.37. The average molecular weight is 273 g/mol. The third kappa shape index (κ3) is 3.26. The van der Waals surface area contributed by atoms with Gasteiger partial charge in [-0.15, -0.1) is 0 Å². The van der Waals surface area contributed by atoms with Gasteiger partial charge in [-0.05, 0) is 42.7 Å². The van der Waals surface area contributed by atoms with Crippen LogP contribution in [0.2, 0.25) is 0 Å². The number of aromatic nitrogens is 1. The van der Waals surface area contributed by atoms with Crippen LogP contribution in [-0.2, 0) is 0 Å². The van der Waals surface area contributed by atoms with Crippen LogP contribution >= 0.6 is 0 Å². The molecular weight excluding hydrogens is 253 g/mol. The highest BCUT2D eigenvalue weighted by atomic mass is 19.1. The number of rotatable bonds is 4. The van der Waals surface area contributed by atoms with Gasteiger partial charge >= 0.3 is 0 Å². The van der Waals surface area contributed by atoms with Crippen molar-refractivity contribution < 1.29 is 4.39 Å². The SMILES string of the molecule is Cc1cc(F)c(N)cc1-c1cccc(NCC(C)C)n1. The van der Waals surface area contributed by atoms with Gasteiger partial charge < -0.3 is 11.1 Å². The zero-order valence-electron chi connectivity index (χ0n) is 12.1. The van der Waals surface area contributed by atoms with Gasteiger partial charge in [0, 0.05) is 12.1 Å². The Morgan fingerprint density at radius 1 is 1.30 bits per heavy atom. The maximum absolute atomic E-state index is 13.4. The molecule has 2 aromatic rings. The number of pyridine rings is 1. The topological polar surface area (TPSA) is 50.9 Å². The zero-order valence-corrected chi connectivity index (χ0v) is 12.1. The van der Waals surface area contributed by atoms with Crippen LogP contribution in [0.15, 0.2) is 30.3 Å². The minimum Gasteiger partial charge on any atom is -0.396 e. The van der Waals surface area contributed by atoms with Crippen LogP contribution < -0.4 is 11.1 Å². The van der Waals surface area contributed by atoms with E-state index in [9.17, 15) is 4.39 Å². The van der Waals surface area contributed by atoms with Gasteiger partial charge in [-0.3, -0.25) is 0 Å². The van der Waals surface area contributed by atoms with Crippen LogP contribution in [0.5, 0.6) is 0 Å². The first-order valence-electron chi connectivity index (χ1n) is 6.74. The van der Waals surface area contributed by atoms with Crippen molar-refractivity contribution in [1.29, 1.82) is 0 Å². The van der Waals surface area contributed by atoms with Gasteiger partial charge in [0.25, 0.3) is 0 Å². The number of anilines is 2. The molecule has 0 atom stereocenters. The molecule has 1 aromatic carbocycles. The molecule has 20 heavy (non-hydrogen) atoms. The van der Waals surface area contributed by atoms with E-state index in [0.29, 0.717) is 5.92 Å². The second-order valence-electron chi connectivity index (χ2n) is 5.37. The Labute approximate surface area is 119 Å². The summed E-state index contributed by atoms with van der Waals surface area (Å²) in [5, 5.41) is 3.28. The summed E-state index contributed by atoms with van der Waals surface area (Å²) >= 11 is 0. The number of halogens is 1. The number of nitrogens with zero attached hydrogens (tertiary/aromatic N) is 1. The lowest BCUT2D eigenvalue weighted by atomic mass is 10.0. The van der Waals surface area contributed by atoms with E-state index in [4.69, 9.17) is 5.73 Å². The predicted molar refractivity (Wildman–Crippen MR) is 82.1 cm³/mol. The summed E-state index contributed by atoms with van der Waals surface area (Å²) in [7, 11) is 0. The van der Waals surface area contributed by atoms with E-state index in [-0.39, 0.29) is 11.5 Å². The highest BCUT2D eigenvalue weighted by molar-refractivity contribution is 5.69. The van der Waals surface area contributed by atoms with Gasteiger partial charge in [-0.2, -0.15) is 0 Å². The molecule has 3 nitrogen and oxygen atoms in total. The molecule has 0 unspecified atom stereocenters. The molecule has 4 heteroatoms. The smallest absolute Gasteiger partial charge is 0.146 e. The minimum atomic E-state index is -0.389. The normalized spacial score (nSPS) is 10.8. The minimum absolute atomic E-state index is 0.146. The van der Waals surface area contributed by atoms with Crippen molar-refractivity contribution in [2.75, 3.05) is 17.6 Å². The standard InChI is InChI=1S/C16H20FN3/c1-10(2)9-19-16-6-4-5-15(20-16)12-8-14(18)13(17)7-11(12)3/h4-8,10H,9,18H2,1-3H3,(H,19,20). The lowest BCUT2D eigenvalue weighted by Crippen LogP contribution is -2.09. The monoisotopic (exact) mass is 273 g/mol. The molecular formula is C16H20FN3. The third-order valence-corrected chi connectivity index (χ3v) is 3.06. The fourth-order valence-corrected chi connectivity index (χ4v) is 1.96. The Kier molecular flexibility index (Phi) is 4.23. The Bertz CT molecular complexity index is 609. The molecule has 0 fully saturated rings. The molecule has 0 aliphatic carbocycles. The number of benzene rings is 1. The first-order valence-corrected chi connectivity index (χ1v) is 6.74. The Balaban J connectivity index is 2.33. The van der Waals surface area contributed by atoms with Gasteiger partial charge in [-0.25, -0.2) is 9.37 Å². The van der Waals surface area contributed by atoms with E-state index in [1.165, 1.54) is 6.07 Å². The molecule has 106 valence electrons. The lowest BCUT2D eigenvalue weighted by Gasteiger charge is -2.11. The van der Waals surface area contributed by atoms with Gasteiger partial charge in [0.1, 0.15) is 11.6 Å². The molecule has 0 radical (unpaired) electrons. The highest BCUT2D eigenvalue weighted by Gasteiger charge is 2.08. The maximum atomic E-state index is 13.4. The van der Waals surface area contributed by atoms with Gasteiger partial charge in [0.15, 0.2) is 0 Å². The summed E-state index contributed by atoms with van der Waals surface area (Å²) in [4.78, 5) is 4.56. The van der Waals surface area contributed by atoms with E-state index in [2.05, 4.69) is 24.1 Å². The van der Waals surface area contributed by atoms with Gasteiger partial charge in [-0.1, -0.05) is 19.9 Å². The summed E-state index contributed by atoms with van der Waals surface area (Å²) in [6.07, 6.45) is 0. The molecule has 0 saturated carbocycles. The number of aryl methyl sites for hydroxylation is 1. The van der Waals surface area contributed by atoms with E-state index < -0.39 is 0 Å². The van der Waals surface area contributed by atoms with E-state index in [1.807, 2.05) is 25.1 Å². The predicted octanol–water partition coefficient (Wildman–Crippen LogP) is 3.85. The van der Waals surface area contributed by atoms with Gasteiger partial charge in [0.2, 0.25) is 0 Å². The molecule has 2 rings (SSSR count). The molecule has 1 aromatic heterocycles. The maximum Gasteiger partial charge on any atom is 0.146 e. The van der Waals surface area contributed by atoms with Crippen LogP contribution in [0, 0.1) is 18.7 Å². The molecule has 0 aliphatic rings. The molecule has 0 spiro atoms. The van der Waals surface area contributed by atoms with Crippen LogP contribution in [0.4, 0.5) is 15.9 Å². The number of hydrogen-bond acceptors (Lipinski definition) is 3. The molecule has 0 amide bonds. The molecule has 0 bridgehead atoms. The fraction of sp³-hybridized carbons (Fsp3) is 0.312. The molecule has 0 aliphatic heterocycles. The van der Waals surface area contributed by atoms with Crippen molar-refractivity contribution in [1.82, 2.24) is 4.98 Å². The fourth-order valence-electron chi connectivity index (χ4n) is 1.96. The van der Waals surface area contributed by atoms with Crippen molar-refractivity contribution in [3.63, 3.8) is 0 Å². The summed E-state index contributed by atoms with van der Waals surface area (Å²) in [6.45, 7) is 7.00. The van der Waals surface area contributed by atoms with Crippen molar-refractivity contribution in [2.45, 2.75) is 20.8 Å². The third-order valence-electron chi connectivity index (χ3n) is 3.06. The molecule has 3 N–H and O–H groups in total. The van der Waals surface area contributed by atoms with Crippen LogP contribution in [0.3, 0.4) is 0 Å². The van der Waals surface area contributed by atoms with Crippen molar-refractivity contribution in [2.24, 2.45) is 5.92 Å². The van der Waals surface area contributed by atoms with E-state index in [0.717, 1.165) is 29.2 Å². The average Bonchev–Trinajstić information content (AvgIpc) is 2.41. The van der Waals surface area contributed by atoms with Gasteiger partial charge in [0.05, 0.1) is 11.4 Å². The van der Waals surface area contributed by atoms with Crippen molar-refractivity contribution in [3.05, 3.63) is 41.7 Å². The molecule has 0 saturated heterocycles. The van der Waals surface area contributed by atoms with Crippen molar-refractivity contribution >= 4 is 11.5 Å². The van der Waals surface area contributed by atoms with Crippen molar-refractivity contribution in [3.8, 4) is 11.3 Å². The number of hydrogen-bond donors (Lipinski definition) is 2. The first kappa shape index (κ1) is 14.3. The quantitative estimate of drug-likeness (QED) is 0.832. The Hall–Kier alpha value is -2.10. The molecule has 1 heterocycles. The summed E-state index contributed by atoms with van der Waals surface area (Å²) in [5.41, 5.74) is 8.27. The largest absolute Gasteiger partial charge is 0.396 e. The number of nitrogen functional groups attached to an aromatic ring is 1. The lowest BCUT2D eigenvalue weighted by molar-refractivity contribution is 0.631. The number of nitrogens with two attached hydrogens (primary N) is 1. The van der Waals surface area contributed by atoms with Crippen LogP contribution in [0.25, 0.3) is 11.3 Å². The summed E-state index contributed by atoms with van der Waals surface area (Å²) in [6, 6.07) is 8.85. The highest BCUT2D eigenvalue weighted by Crippen LogP contribution is 2.26. The number of nitrogens with one attached hydrogen (secondary N) is 1. The van der Waals surface area contributed by atoms with Crippen LogP contribution in [0.1, 0.15) is 19.4 Å². The first-order chi connectivity index (χ1) is 9.47. The second kappa shape index (κ2) is 5.90. The van der Waals surface area contributed by atoms with E-state index >= 15 is 0 Å². The summed E-state index contributed by atoms with van der Waals surface area (Å²) < 4.78 is 13.4. The summed E-state index contributed by atoms with van der Waals surface area (Å²) in [5.74, 6) is 0.975. The Morgan fingerprint density at radius 3 is 2.75 bits per heavy atom.